The highest BCUT2D eigenvalue weighted by Gasteiger charge is 2.29. The van der Waals surface area contributed by atoms with Gasteiger partial charge in [0.25, 0.3) is 5.91 Å². The second-order valence-corrected chi connectivity index (χ2v) is 9.32. The van der Waals surface area contributed by atoms with Gasteiger partial charge in [-0.3, -0.25) is 13.9 Å². The van der Waals surface area contributed by atoms with Gasteiger partial charge in [0.2, 0.25) is 6.79 Å². The van der Waals surface area contributed by atoms with Crippen molar-refractivity contribution in [3.63, 3.8) is 0 Å². The highest BCUT2D eigenvalue weighted by molar-refractivity contribution is 7.80. The molecule has 0 aliphatic carbocycles. The summed E-state index contributed by atoms with van der Waals surface area (Å²) in [5.41, 5.74) is 1.28. The van der Waals surface area contributed by atoms with E-state index in [2.05, 4.69) is 4.90 Å². The van der Waals surface area contributed by atoms with Crippen LogP contribution in [0.25, 0.3) is 0 Å². The summed E-state index contributed by atoms with van der Waals surface area (Å²) in [4.78, 5) is 16.8. The number of ether oxygens (including phenoxy) is 3. The third-order valence-electron chi connectivity index (χ3n) is 6.09. The van der Waals surface area contributed by atoms with Gasteiger partial charge in [0, 0.05) is 56.7 Å². The fourth-order valence-corrected chi connectivity index (χ4v) is 4.36. The van der Waals surface area contributed by atoms with Gasteiger partial charge in [-0.1, -0.05) is 12.1 Å². The molecule has 1 amide bonds. The van der Waals surface area contributed by atoms with Gasteiger partial charge in [0.15, 0.2) is 18.1 Å². The molecule has 3 atom stereocenters. The smallest absolute Gasteiger partial charge is 0.260 e. The van der Waals surface area contributed by atoms with Gasteiger partial charge >= 0.3 is 0 Å². The maximum Gasteiger partial charge on any atom is 0.260 e. The Morgan fingerprint density at radius 1 is 1.26 bits per heavy atom. The Kier molecular flexibility index (Phi) is 7.57. The van der Waals surface area contributed by atoms with Crippen LogP contribution in [0.15, 0.2) is 42.5 Å². The molecule has 34 heavy (non-hydrogen) atoms. The van der Waals surface area contributed by atoms with E-state index in [9.17, 15) is 18.7 Å². The van der Waals surface area contributed by atoms with Crippen molar-refractivity contribution in [3.05, 3.63) is 48.0 Å². The standard InChI is InChI=1S/C23H29N3O7S/c1-24(23(28)14-31-19-6-7-21-22(11-19)33-15-32-21)20(13-26-9-8-18(27)12-26)16-4-3-5-17(10-16)25(2)34(29)30/h3-7,10-11,18,20,27H,8-9,12-15H2,1-2H3,(H,29,30)/p-1/t18-,20+/m0/s1. The number of fused-ring (bicyclic) bond motifs is 1. The number of aliphatic hydroxyl groups excluding tert-OH is 1. The lowest BCUT2D eigenvalue weighted by Gasteiger charge is -2.33. The molecule has 1 saturated heterocycles. The maximum absolute atomic E-state index is 13.1. The topological polar surface area (TPSA) is 115 Å². The fourth-order valence-electron chi connectivity index (χ4n) is 4.08. The average molecular weight is 491 g/mol. The molecule has 0 radical (unpaired) electrons. The lowest BCUT2D eigenvalue weighted by molar-refractivity contribution is -0.134. The van der Waals surface area contributed by atoms with E-state index in [1.807, 2.05) is 6.07 Å². The largest absolute Gasteiger partial charge is 0.755 e. The normalized spacial score (nSPS) is 19.0. The molecule has 0 aromatic heterocycles. The van der Waals surface area contributed by atoms with Crippen molar-refractivity contribution in [2.75, 3.05) is 51.4 Å². The van der Waals surface area contributed by atoms with Gasteiger partial charge in [-0.2, -0.15) is 0 Å². The monoisotopic (exact) mass is 490 g/mol. The summed E-state index contributed by atoms with van der Waals surface area (Å²) in [6, 6.07) is 11.8. The molecule has 0 bridgehead atoms. The predicted molar refractivity (Wildman–Crippen MR) is 124 cm³/mol. The maximum atomic E-state index is 13.1. The highest BCUT2D eigenvalue weighted by Crippen LogP contribution is 2.35. The summed E-state index contributed by atoms with van der Waals surface area (Å²) in [6.45, 7) is 1.71. The Morgan fingerprint density at radius 2 is 2.06 bits per heavy atom. The third kappa shape index (κ3) is 5.61. The van der Waals surface area contributed by atoms with Crippen LogP contribution in [-0.2, 0) is 16.1 Å². The number of hydrogen-bond donors (Lipinski definition) is 1. The Labute approximate surface area is 201 Å². The zero-order valence-electron chi connectivity index (χ0n) is 19.1. The first-order valence-electron chi connectivity index (χ1n) is 10.9. The molecule has 1 unspecified atom stereocenters. The number of anilines is 1. The van der Waals surface area contributed by atoms with Crippen LogP contribution in [-0.4, -0.2) is 82.8 Å². The molecular formula is C23H28N3O7S-. The number of benzene rings is 2. The van der Waals surface area contributed by atoms with E-state index in [1.54, 1.807) is 48.3 Å². The van der Waals surface area contributed by atoms with Crippen LogP contribution < -0.4 is 18.5 Å². The van der Waals surface area contributed by atoms with E-state index in [1.165, 1.54) is 7.05 Å². The SMILES string of the molecule is CN(C(=O)COc1ccc2c(c1)OCO2)[C@H](CN1CC[C@H](O)C1)c1cccc(N(C)S(=O)[O-])c1. The Bertz CT molecular complexity index is 1050. The van der Waals surface area contributed by atoms with Crippen molar-refractivity contribution in [1.29, 1.82) is 0 Å². The van der Waals surface area contributed by atoms with E-state index in [0.29, 0.717) is 42.4 Å². The van der Waals surface area contributed by atoms with Gasteiger partial charge < -0.3 is 33.1 Å². The minimum atomic E-state index is -2.42. The van der Waals surface area contributed by atoms with Crippen LogP contribution in [0.4, 0.5) is 5.69 Å². The number of rotatable bonds is 9. The highest BCUT2D eigenvalue weighted by atomic mass is 32.2. The van der Waals surface area contributed by atoms with Gasteiger partial charge in [0.05, 0.1) is 12.1 Å². The van der Waals surface area contributed by atoms with Gasteiger partial charge in [-0.15, -0.1) is 0 Å². The summed E-state index contributed by atoms with van der Waals surface area (Å²) in [6.07, 6.45) is 0.284. The molecule has 0 saturated carbocycles. The summed E-state index contributed by atoms with van der Waals surface area (Å²) in [7, 11) is 3.16. The number of carbonyl (C=O) groups is 1. The van der Waals surface area contributed by atoms with E-state index < -0.39 is 17.4 Å². The number of aliphatic hydroxyl groups is 1. The van der Waals surface area contributed by atoms with Crippen molar-refractivity contribution in [1.82, 2.24) is 9.80 Å². The summed E-state index contributed by atoms with van der Waals surface area (Å²) in [5, 5.41) is 9.95. The molecule has 1 N–H and O–H groups in total. The number of β-amino-alcohol motifs (C(OH)–C–C–N with tert-alkyl or cyclic N) is 1. The summed E-state index contributed by atoms with van der Waals surface area (Å²) in [5.74, 6) is 1.45. The lowest BCUT2D eigenvalue weighted by atomic mass is 10.0. The second kappa shape index (κ2) is 10.6. The van der Waals surface area contributed by atoms with Crippen molar-refractivity contribution >= 4 is 22.9 Å². The first-order valence-corrected chi connectivity index (χ1v) is 12.0. The minimum absolute atomic E-state index is 0.154. The molecule has 2 heterocycles. The first-order chi connectivity index (χ1) is 16.3. The lowest BCUT2D eigenvalue weighted by Crippen LogP contribution is -2.41. The Hall–Kier alpha value is -2.86. The van der Waals surface area contributed by atoms with Crippen molar-refractivity contribution in [2.24, 2.45) is 0 Å². The molecular weight excluding hydrogens is 462 g/mol. The summed E-state index contributed by atoms with van der Waals surface area (Å²) >= 11 is -2.42. The zero-order valence-corrected chi connectivity index (χ0v) is 19.9. The number of likely N-dealkylation sites (N-methyl/N-ethyl adjacent to an activating group) is 1. The molecule has 2 aliphatic heterocycles. The third-order valence-corrected chi connectivity index (χ3v) is 6.75. The molecule has 184 valence electrons. The van der Waals surface area contributed by atoms with Gasteiger partial charge in [-0.05, 0) is 36.2 Å². The number of hydrogen-bond acceptors (Lipinski definition) is 8. The summed E-state index contributed by atoms with van der Waals surface area (Å²) < 4.78 is 40.3. The number of carbonyl (C=O) groups excluding carboxylic acids is 1. The van der Waals surface area contributed by atoms with Crippen molar-refractivity contribution < 1.29 is 32.9 Å². The van der Waals surface area contributed by atoms with Crippen LogP contribution in [0, 0.1) is 0 Å². The zero-order chi connectivity index (χ0) is 24.2. The molecule has 0 spiro atoms. The first kappa shape index (κ1) is 24.3. The second-order valence-electron chi connectivity index (χ2n) is 8.34. The van der Waals surface area contributed by atoms with Gasteiger partial charge in [-0.25, -0.2) is 0 Å². The minimum Gasteiger partial charge on any atom is -0.755 e. The number of nitrogens with zero attached hydrogens (tertiary/aromatic N) is 3. The van der Waals surface area contributed by atoms with E-state index in [4.69, 9.17) is 14.2 Å². The molecule has 11 heteroatoms. The Morgan fingerprint density at radius 3 is 2.79 bits per heavy atom. The number of amides is 1. The molecule has 1 fully saturated rings. The molecule has 10 nitrogen and oxygen atoms in total. The van der Waals surface area contributed by atoms with E-state index >= 15 is 0 Å². The fraction of sp³-hybridized carbons (Fsp3) is 0.435. The molecule has 2 aromatic rings. The average Bonchev–Trinajstić information content (AvgIpc) is 3.48. The quantitative estimate of drug-likeness (QED) is 0.523. The predicted octanol–water partition coefficient (Wildman–Crippen LogP) is 1.29. The van der Waals surface area contributed by atoms with Crippen LogP contribution in [0.3, 0.4) is 0 Å². The van der Waals surface area contributed by atoms with Crippen LogP contribution in [0.2, 0.25) is 0 Å². The molecule has 2 aliphatic rings. The molecule has 2 aromatic carbocycles. The van der Waals surface area contributed by atoms with Gasteiger partial charge in [0.1, 0.15) is 5.75 Å². The van der Waals surface area contributed by atoms with E-state index in [-0.39, 0.29) is 25.3 Å². The number of likely N-dealkylation sites (tertiary alicyclic amines) is 1. The van der Waals surface area contributed by atoms with Crippen LogP contribution >= 0.6 is 0 Å². The Balaban J connectivity index is 1.50. The molecule has 4 rings (SSSR count). The van der Waals surface area contributed by atoms with Crippen molar-refractivity contribution in [3.8, 4) is 17.2 Å². The van der Waals surface area contributed by atoms with Crippen LogP contribution in [0.1, 0.15) is 18.0 Å². The van der Waals surface area contributed by atoms with Crippen LogP contribution in [0.5, 0.6) is 17.2 Å². The van der Waals surface area contributed by atoms with E-state index in [0.717, 1.165) is 16.4 Å². The van der Waals surface area contributed by atoms with Crippen molar-refractivity contribution in [2.45, 2.75) is 18.6 Å².